The van der Waals surface area contributed by atoms with E-state index in [1.54, 1.807) is 6.20 Å². The van der Waals surface area contributed by atoms with Crippen LogP contribution in [-0.2, 0) is 6.42 Å². The van der Waals surface area contributed by atoms with E-state index in [1.807, 2.05) is 18.2 Å². The van der Waals surface area contributed by atoms with Gasteiger partial charge in [-0.15, -0.1) is 24.0 Å². The summed E-state index contributed by atoms with van der Waals surface area (Å²) in [5, 5.41) is 11.0. The van der Waals surface area contributed by atoms with Crippen LogP contribution in [0.3, 0.4) is 0 Å². The minimum Gasteiger partial charge on any atom is -0.371 e. The van der Waals surface area contributed by atoms with E-state index < -0.39 is 0 Å². The van der Waals surface area contributed by atoms with Gasteiger partial charge < -0.3 is 20.1 Å². The predicted octanol–water partition coefficient (Wildman–Crippen LogP) is 3.52. The molecule has 0 aliphatic carbocycles. The van der Waals surface area contributed by atoms with Gasteiger partial charge in [-0.3, -0.25) is 9.98 Å². The Kier molecular flexibility index (Phi) is 9.27. The molecule has 2 aromatic heterocycles. The van der Waals surface area contributed by atoms with Crippen molar-refractivity contribution >= 4 is 35.6 Å². The summed E-state index contributed by atoms with van der Waals surface area (Å²) in [6, 6.07) is 16.6. The molecule has 0 unspecified atom stereocenters. The van der Waals surface area contributed by atoms with Crippen LogP contribution in [0, 0.1) is 0 Å². The van der Waals surface area contributed by atoms with E-state index in [4.69, 9.17) is 9.52 Å². The quantitative estimate of drug-likeness (QED) is 0.266. The Morgan fingerprint density at radius 3 is 2.62 bits per heavy atom. The molecule has 32 heavy (non-hydrogen) atoms. The Morgan fingerprint density at radius 2 is 1.91 bits per heavy atom. The van der Waals surface area contributed by atoms with Gasteiger partial charge in [0, 0.05) is 50.5 Å². The molecular formula is C23H30IN7O. The average molecular weight is 547 g/mol. The molecule has 1 saturated heterocycles. The normalized spacial score (nSPS) is 14.7. The van der Waals surface area contributed by atoms with E-state index in [2.05, 4.69) is 67.9 Å². The average Bonchev–Trinajstić information content (AvgIpc) is 3.30. The first-order chi connectivity index (χ1) is 15.3. The SMILES string of the molecule is CCNC(=NCCc1noc(-c2ccccn2)n1)NC1CCN(c2ccccc2)CC1.I. The summed E-state index contributed by atoms with van der Waals surface area (Å²) >= 11 is 0. The number of piperidine rings is 1. The van der Waals surface area contributed by atoms with Crippen molar-refractivity contribution in [1.82, 2.24) is 25.8 Å². The van der Waals surface area contributed by atoms with Gasteiger partial charge >= 0.3 is 0 Å². The van der Waals surface area contributed by atoms with Crippen LogP contribution in [0.2, 0.25) is 0 Å². The molecule has 4 rings (SSSR count). The van der Waals surface area contributed by atoms with Crippen LogP contribution in [0.1, 0.15) is 25.6 Å². The summed E-state index contributed by atoms with van der Waals surface area (Å²) in [4.78, 5) is 15.8. The van der Waals surface area contributed by atoms with Gasteiger partial charge in [0.1, 0.15) is 5.69 Å². The van der Waals surface area contributed by atoms with Gasteiger partial charge in [-0.05, 0) is 44.0 Å². The first kappa shape index (κ1) is 24.0. The van der Waals surface area contributed by atoms with E-state index in [0.29, 0.717) is 36.4 Å². The fourth-order valence-corrected chi connectivity index (χ4v) is 3.65. The van der Waals surface area contributed by atoms with Crippen LogP contribution in [0.5, 0.6) is 0 Å². The molecule has 0 bridgehead atoms. The molecule has 2 N–H and O–H groups in total. The molecule has 0 radical (unpaired) electrons. The summed E-state index contributed by atoms with van der Waals surface area (Å²) in [6.45, 7) is 5.56. The number of guanidine groups is 1. The standard InChI is InChI=1S/C23H29N7O.HI/c1-2-24-23(27-18-12-16-30(17-13-18)19-8-4-3-5-9-19)26-15-11-21-28-22(31-29-21)20-10-6-7-14-25-20;/h3-10,14,18H,2,11-13,15-17H2,1H3,(H2,24,26,27);1H. The third kappa shape index (κ3) is 6.65. The molecule has 0 atom stereocenters. The van der Waals surface area contributed by atoms with Crippen LogP contribution in [-0.4, -0.2) is 53.3 Å². The van der Waals surface area contributed by atoms with Crippen LogP contribution in [0.15, 0.2) is 64.2 Å². The van der Waals surface area contributed by atoms with Gasteiger partial charge in [0.2, 0.25) is 0 Å². The van der Waals surface area contributed by atoms with Crippen molar-refractivity contribution in [1.29, 1.82) is 0 Å². The molecule has 3 aromatic rings. The summed E-state index contributed by atoms with van der Waals surface area (Å²) < 4.78 is 5.32. The zero-order valence-corrected chi connectivity index (χ0v) is 20.6. The summed E-state index contributed by atoms with van der Waals surface area (Å²) in [5.74, 6) is 1.92. The highest BCUT2D eigenvalue weighted by atomic mass is 127. The Balaban J connectivity index is 0.00000289. The van der Waals surface area contributed by atoms with Crippen molar-refractivity contribution in [2.75, 3.05) is 31.1 Å². The molecule has 1 aromatic carbocycles. The highest BCUT2D eigenvalue weighted by molar-refractivity contribution is 14.0. The van der Waals surface area contributed by atoms with Gasteiger partial charge in [0.25, 0.3) is 5.89 Å². The highest BCUT2D eigenvalue weighted by Crippen LogP contribution is 2.19. The van der Waals surface area contributed by atoms with Gasteiger partial charge in [-0.25, -0.2) is 0 Å². The monoisotopic (exact) mass is 547 g/mol. The number of hydrogen-bond donors (Lipinski definition) is 2. The maximum atomic E-state index is 5.32. The molecule has 0 amide bonds. The van der Waals surface area contributed by atoms with Crippen molar-refractivity contribution in [2.45, 2.75) is 32.2 Å². The first-order valence-electron chi connectivity index (χ1n) is 10.9. The molecule has 8 nitrogen and oxygen atoms in total. The molecule has 1 fully saturated rings. The molecule has 170 valence electrons. The number of aliphatic imine (C=N–C) groups is 1. The number of para-hydroxylation sites is 1. The Bertz CT molecular complexity index is 957. The topological polar surface area (TPSA) is 91.5 Å². The lowest BCUT2D eigenvalue weighted by Crippen LogP contribution is -2.48. The van der Waals surface area contributed by atoms with Crippen LogP contribution in [0.4, 0.5) is 5.69 Å². The summed E-state index contributed by atoms with van der Waals surface area (Å²) in [7, 11) is 0. The van der Waals surface area contributed by atoms with E-state index >= 15 is 0 Å². The maximum absolute atomic E-state index is 5.32. The lowest BCUT2D eigenvalue weighted by Gasteiger charge is -2.34. The number of benzene rings is 1. The molecule has 9 heteroatoms. The van der Waals surface area contributed by atoms with Crippen LogP contribution < -0.4 is 15.5 Å². The van der Waals surface area contributed by atoms with Gasteiger partial charge in [0.15, 0.2) is 11.8 Å². The van der Waals surface area contributed by atoms with Crippen LogP contribution >= 0.6 is 24.0 Å². The number of nitrogens with zero attached hydrogens (tertiary/aromatic N) is 5. The molecule has 1 aliphatic rings. The van der Waals surface area contributed by atoms with Crippen molar-refractivity contribution in [3.63, 3.8) is 0 Å². The second-order valence-corrected chi connectivity index (χ2v) is 7.48. The minimum atomic E-state index is 0. The number of rotatable bonds is 7. The zero-order valence-electron chi connectivity index (χ0n) is 18.3. The molecular weight excluding hydrogens is 517 g/mol. The molecule has 0 spiro atoms. The number of hydrogen-bond acceptors (Lipinski definition) is 6. The predicted molar refractivity (Wildman–Crippen MR) is 137 cm³/mol. The lowest BCUT2D eigenvalue weighted by atomic mass is 10.0. The molecule has 3 heterocycles. The van der Waals surface area contributed by atoms with Gasteiger partial charge in [-0.2, -0.15) is 4.98 Å². The third-order valence-corrected chi connectivity index (χ3v) is 5.26. The van der Waals surface area contributed by atoms with E-state index in [0.717, 1.165) is 38.4 Å². The zero-order chi connectivity index (χ0) is 21.3. The summed E-state index contributed by atoms with van der Waals surface area (Å²) in [6.07, 6.45) is 4.48. The number of nitrogens with one attached hydrogen (secondary N) is 2. The van der Waals surface area contributed by atoms with Crippen molar-refractivity contribution in [3.8, 4) is 11.6 Å². The second kappa shape index (κ2) is 12.4. The largest absolute Gasteiger partial charge is 0.371 e. The number of anilines is 1. The Morgan fingerprint density at radius 1 is 1.12 bits per heavy atom. The second-order valence-electron chi connectivity index (χ2n) is 7.48. The van der Waals surface area contributed by atoms with E-state index in [9.17, 15) is 0 Å². The third-order valence-electron chi connectivity index (χ3n) is 5.26. The number of pyridine rings is 1. The van der Waals surface area contributed by atoms with Gasteiger partial charge in [0.05, 0.1) is 0 Å². The minimum absolute atomic E-state index is 0. The van der Waals surface area contributed by atoms with Crippen molar-refractivity contribution in [3.05, 3.63) is 60.6 Å². The fourth-order valence-electron chi connectivity index (χ4n) is 3.65. The maximum Gasteiger partial charge on any atom is 0.276 e. The van der Waals surface area contributed by atoms with Gasteiger partial charge in [-0.1, -0.05) is 29.4 Å². The van der Waals surface area contributed by atoms with E-state index in [-0.39, 0.29) is 24.0 Å². The molecule has 1 aliphatic heterocycles. The first-order valence-corrected chi connectivity index (χ1v) is 10.9. The fraction of sp³-hybridized carbons (Fsp3) is 0.391. The Labute approximate surface area is 205 Å². The molecule has 0 saturated carbocycles. The highest BCUT2D eigenvalue weighted by Gasteiger charge is 2.20. The summed E-state index contributed by atoms with van der Waals surface area (Å²) in [5.41, 5.74) is 1.98. The Hall–Kier alpha value is -2.69. The van der Waals surface area contributed by atoms with Crippen LogP contribution in [0.25, 0.3) is 11.6 Å². The number of aromatic nitrogens is 3. The van der Waals surface area contributed by atoms with E-state index in [1.165, 1.54) is 5.69 Å². The van der Waals surface area contributed by atoms with Crippen molar-refractivity contribution < 1.29 is 4.52 Å². The lowest BCUT2D eigenvalue weighted by molar-refractivity contribution is 0.421. The smallest absolute Gasteiger partial charge is 0.276 e. The number of halogens is 1. The van der Waals surface area contributed by atoms with Crippen molar-refractivity contribution in [2.24, 2.45) is 4.99 Å².